The van der Waals surface area contributed by atoms with Gasteiger partial charge in [-0.2, -0.15) is 0 Å². The zero-order valence-corrected chi connectivity index (χ0v) is 13.0. The number of rotatable bonds is 9. The normalized spacial score (nSPS) is 11.0. The number of carbonyl (C=O) groups is 2. The third-order valence-corrected chi connectivity index (χ3v) is 3.28. The summed E-state index contributed by atoms with van der Waals surface area (Å²) in [5.74, 6) is 2.28. The molecule has 0 saturated carbocycles. The van der Waals surface area contributed by atoms with Gasteiger partial charge in [0.15, 0.2) is 0 Å². The number of amides is 1. The molecular formula is C15H26N2O3. The standard InChI is InChI=1S/C15H26N2O3/c1-6-15(7-2,8-3)16-13(18)12-17(5)11-10-14(19)20-9-4/h1H,7-12H2,2-5H3,(H,16,18). The van der Waals surface area contributed by atoms with E-state index >= 15 is 0 Å². The highest BCUT2D eigenvalue weighted by molar-refractivity contribution is 5.79. The van der Waals surface area contributed by atoms with Crippen LogP contribution in [-0.2, 0) is 14.3 Å². The van der Waals surface area contributed by atoms with Gasteiger partial charge in [0.2, 0.25) is 5.91 Å². The quantitative estimate of drug-likeness (QED) is 0.509. The van der Waals surface area contributed by atoms with Crippen molar-refractivity contribution in [2.24, 2.45) is 0 Å². The molecule has 0 atom stereocenters. The van der Waals surface area contributed by atoms with Crippen molar-refractivity contribution in [1.29, 1.82) is 0 Å². The molecule has 0 aromatic carbocycles. The second-order valence-corrected chi connectivity index (χ2v) is 4.77. The Labute approximate surface area is 122 Å². The van der Waals surface area contributed by atoms with Crippen molar-refractivity contribution in [3.8, 4) is 12.3 Å². The molecule has 1 amide bonds. The summed E-state index contributed by atoms with van der Waals surface area (Å²) in [4.78, 5) is 25.0. The molecule has 0 bridgehead atoms. The zero-order valence-electron chi connectivity index (χ0n) is 13.0. The summed E-state index contributed by atoms with van der Waals surface area (Å²) >= 11 is 0. The lowest BCUT2D eigenvalue weighted by Gasteiger charge is -2.28. The van der Waals surface area contributed by atoms with Gasteiger partial charge >= 0.3 is 5.97 Å². The third kappa shape index (κ3) is 6.58. The number of carbonyl (C=O) groups excluding carboxylic acids is 2. The van der Waals surface area contributed by atoms with Crippen molar-refractivity contribution in [2.75, 3.05) is 26.7 Å². The van der Waals surface area contributed by atoms with Crippen molar-refractivity contribution in [2.45, 2.75) is 45.6 Å². The summed E-state index contributed by atoms with van der Waals surface area (Å²) < 4.78 is 4.84. The van der Waals surface area contributed by atoms with Gasteiger partial charge in [0.25, 0.3) is 0 Å². The van der Waals surface area contributed by atoms with E-state index in [0.29, 0.717) is 26.0 Å². The van der Waals surface area contributed by atoms with Gasteiger partial charge in [-0.15, -0.1) is 6.42 Å². The Balaban J connectivity index is 4.20. The van der Waals surface area contributed by atoms with E-state index in [9.17, 15) is 9.59 Å². The largest absolute Gasteiger partial charge is 0.466 e. The molecule has 0 fully saturated rings. The lowest BCUT2D eigenvalue weighted by molar-refractivity contribution is -0.143. The average Bonchev–Trinajstić information content (AvgIpc) is 2.43. The monoisotopic (exact) mass is 282 g/mol. The first-order valence-corrected chi connectivity index (χ1v) is 7.05. The van der Waals surface area contributed by atoms with E-state index in [4.69, 9.17) is 11.2 Å². The summed E-state index contributed by atoms with van der Waals surface area (Å²) in [5.41, 5.74) is -0.570. The van der Waals surface area contributed by atoms with Gasteiger partial charge in [-0.05, 0) is 26.8 Å². The summed E-state index contributed by atoms with van der Waals surface area (Å²) in [7, 11) is 1.79. The Bertz CT molecular complexity index is 357. The fourth-order valence-electron chi connectivity index (χ4n) is 1.81. The van der Waals surface area contributed by atoms with E-state index < -0.39 is 5.54 Å². The number of hydrogen-bond donors (Lipinski definition) is 1. The molecule has 0 aliphatic heterocycles. The predicted molar refractivity (Wildman–Crippen MR) is 79.0 cm³/mol. The van der Waals surface area contributed by atoms with Crippen molar-refractivity contribution >= 4 is 11.9 Å². The molecule has 0 aromatic rings. The summed E-state index contributed by atoms with van der Waals surface area (Å²) in [6.07, 6.45) is 7.16. The Hall–Kier alpha value is -1.54. The number of esters is 1. The van der Waals surface area contributed by atoms with Crippen LogP contribution in [0.25, 0.3) is 0 Å². The molecule has 0 spiro atoms. The minimum absolute atomic E-state index is 0.127. The maximum atomic E-state index is 12.0. The fraction of sp³-hybridized carbons (Fsp3) is 0.733. The van der Waals surface area contributed by atoms with E-state index in [1.807, 2.05) is 13.8 Å². The Morgan fingerprint density at radius 3 is 2.35 bits per heavy atom. The van der Waals surface area contributed by atoms with Gasteiger partial charge in [0.05, 0.1) is 19.6 Å². The van der Waals surface area contributed by atoms with Crippen LogP contribution in [0.4, 0.5) is 0 Å². The Morgan fingerprint density at radius 1 is 1.30 bits per heavy atom. The number of ether oxygens (including phenoxy) is 1. The summed E-state index contributed by atoms with van der Waals surface area (Å²) in [5, 5.41) is 2.89. The maximum absolute atomic E-state index is 12.0. The van der Waals surface area contributed by atoms with Crippen molar-refractivity contribution in [1.82, 2.24) is 10.2 Å². The minimum Gasteiger partial charge on any atom is -0.466 e. The topological polar surface area (TPSA) is 58.6 Å². The second-order valence-electron chi connectivity index (χ2n) is 4.77. The van der Waals surface area contributed by atoms with Crippen molar-refractivity contribution < 1.29 is 14.3 Å². The van der Waals surface area contributed by atoms with Crippen molar-refractivity contribution in [3.63, 3.8) is 0 Å². The van der Waals surface area contributed by atoms with Crippen LogP contribution in [0.2, 0.25) is 0 Å². The first-order chi connectivity index (χ1) is 9.42. The molecule has 5 nitrogen and oxygen atoms in total. The first-order valence-electron chi connectivity index (χ1n) is 7.05. The van der Waals surface area contributed by atoms with Crippen LogP contribution in [-0.4, -0.2) is 49.1 Å². The molecule has 20 heavy (non-hydrogen) atoms. The Morgan fingerprint density at radius 2 is 1.90 bits per heavy atom. The summed E-state index contributed by atoms with van der Waals surface area (Å²) in [6.45, 7) is 6.74. The van der Waals surface area contributed by atoms with E-state index in [-0.39, 0.29) is 24.8 Å². The van der Waals surface area contributed by atoms with Crippen LogP contribution in [0.5, 0.6) is 0 Å². The molecule has 0 rings (SSSR count). The van der Waals surface area contributed by atoms with E-state index in [1.54, 1.807) is 18.9 Å². The van der Waals surface area contributed by atoms with Crippen LogP contribution in [0.3, 0.4) is 0 Å². The molecule has 0 aliphatic carbocycles. The molecule has 114 valence electrons. The van der Waals surface area contributed by atoms with Gasteiger partial charge in [-0.25, -0.2) is 0 Å². The highest BCUT2D eigenvalue weighted by Crippen LogP contribution is 2.13. The molecule has 0 heterocycles. The van der Waals surface area contributed by atoms with Gasteiger partial charge in [-0.3, -0.25) is 14.5 Å². The molecular weight excluding hydrogens is 256 g/mol. The number of terminal acetylenes is 1. The summed E-state index contributed by atoms with van der Waals surface area (Å²) in [6, 6.07) is 0. The molecule has 0 unspecified atom stereocenters. The smallest absolute Gasteiger partial charge is 0.307 e. The second kappa shape index (κ2) is 9.38. The third-order valence-electron chi connectivity index (χ3n) is 3.28. The number of likely N-dealkylation sites (N-methyl/N-ethyl adjacent to an activating group) is 1. The van der Waals surface area contributed by atoms with Crippen LogP contribution < -0.4 is 5.32 Å². The number of nitrogens with zero attached hydrogens (tertiary/aromatic N) is 1. The zero-order chi connectivity index (χ0) is 15.6. The predicted octanol–water partition coefficient (Wildman–Crippen LogP) is 1.18. The molecule has 0 saturated heterocycles. The molecule has 0 radical (unpaired) electrons. The molecule has 1 N–H and O–H groups in total. The number of nitrogens with one attached hydrogen (secondary N) is 1. The van der Waals surface area contributed by atoms with Crippen LogP contribution >= 0.6 is 0 Å². The van der Waals surface area contributed by atoms with E-state index in [0.717, 1.165) is 0 Å². The lowest BCUT2D eigenvalue weighted by Crippen LogP contribution is -2.49. The lowest BCUT2D eigenvalue weighted by atomic mass is 9.94. The molecule has 0 aliphatic rings. The van der Waals surface area contributed by atoms with E-state index in [1.165, 1.54) is 0 Å². The maximum Gasteiger partial charge on any atom is 0.307 e. The van der Waals surface area contributed by atoms with Crippen LogP contribution in [0.15, 0.2) is 0 Å². The van der Waals surface area contributed by atoms with Gasteiger partial charge in [-0.1, -0.05) is 19.8 Å². The van der Waals surface area contributed by atoms with Crippen molar-refractivity contribution in [3.05, 3.63) is 0 Å². The number of hydrogen-bond acceptors (Lipinski definition) is 4. The fourth-order valence-corrected chi connectivity index (χ4v) is 1.81. The average molecular weight is 282 g/mol. The Kier molecular flexibility index (Phi) is 8.66. The highest BCUT2D eigenvalue weighted by atomic mass is 16.5. The van der Waals surface area contributed by atoms with E-state index in [2.05, 4.69) is 11.2 Å². The van der Waals surface area contributed by atoms with Gasteiger partial charge < -0.3 is 10.1 Å². The van der Waals surface area contributed by atoms with Gasteiger partial charge in [0.1, 0.15) is 5.54 Å². The van der Waals surface area contributed by atoms with Crippen LogP contribution in [0.1, 0.15) is 40.0 Å². The van der Waals surface area contributed by atoms with Crippen LogP contribution in [0, 0.1) is 12.3 Å². The molecule has 0 aromatic heterocycles. The SMILES string of the molecule is C#CC(CC)(CC)NC(=O)CN(C)CCC(=O)OCC. The molecule has 5 heteroatoms. The first kappa shape index (κ1) is 18.5. The highest BCUT2D eigenvalue weighted by Gasteiger charge is 2.25. The minimum atomic E-state index is -0.570. The van der Waals surface area contributed by atoms with Gasteiger partial charge in [0, 0.05) is 6.54 Å².